The van der Waals surface area contributed by atoms with Gasteiger partial charge in [0, 0.05) is 0 Å². The second-order valence-electron chi connectivity index (χ2n) is 6.40. The van der Waals surface area contributed by atoms with Crippen molar-refractivity contribution in [2.24, 2.45) is 0 Å². The van der Waals surface area contributed by atoms with Crippen molar-refractivity contribution in [1.29, 1.82) is 0 Å². The van der Waals surface area contributed by atoms with E-state index in [2.05, 4.69) is 0 Å². The van der Waals surface area contributed by atoms with Gasteiger partial charge in [-0.2, -0.15) is 13.2 Å². The average Bonchev–Trinajstić information content (AvgIpc) is 2.79. The van der Waals surface area contributed by atoms with Gasteiger partial charge in [0.15, 0.2) is 11.7 Å². The van der Waals surface area contributed by atoms with Gasteiger partial charge in [-0.15, -0.1) is 0 Å². The highest BCUT2D eigenvalue weighted by molar-refractivity contribution is 8.07. The standard InChI is InChI=1S/C13H14F5N2O6PS/c1-5(2)25-27(28)23-4-12(9(15)16)8(26-27)13(17,18)10(24-12)20-3-6(14)7(21)19-11(20)22/h3,5,8-10H,4H2,1-2H3,(H,19,21,22)/t8-,10-,12-,27?/m1/s1. The van der Waals surface area contributed by atoms with E-state index in [4.69, 9.17) is 30.1 Å². The number of fused-ring (bicyclic) bond motifs is 1. The molecule has 3 heterocycles. The molecular weight excluding hydrogens is 438 g/mol. The minimum absolute atomic E-state index is 0.0324. The summed E-state index contributed by atoms with van der Waals surface area (Å²) in [6, 6.07) is 0. The number of rotatable bonds is 4. The van der Waals surface area contributed by atoms with Gasteiger partial charge in [-0.25, -0.2) is 13.6 Å². The molecule has 0 amide bonds. The summed E-state index contributed by atoms with van der Waals surface area (Å²) in [4.78, 5) is 24.4. The van der Waals surface area contributed by atoms with Crippen molar-refractivity contribution in [1.82, 2.24) is 9.55 Å². The number of ether oxygens (including phenoxy) is 1. The molecule has 1 aromatic heterocycles. The highest BCUT2D eigenvalue weighted by atomic mass is 32.5. The van der Waals surface area contributed by atoms with Crippen LogP contribution in [-0.4, -0.2) is 46.3 Å². The van der Waals surface area contributed by atoms with E-state index in [1.54, 1.807) is 0 Å². The number of nitrogens with zero attached hydrogens (tertiary/aromatic N) is 1. The van der Waals surface area contributed by atoms with Gasteiger partial charge in [-0.1, -0.05) is 0 Å². The first-order chi connectivity index (χ1) is 12.8. The Bertz CT molecular complexity index is 939. The molecule has 0 radical (unpaired) electrons. The van der Waals surface area contributed by atoms with Gasteiger partial charge < -0.3 is 13.8 Å². The van der Waals surface area contributed by atoms with Gasteiger partial charge in [0.2, 0.25) is 12.0 Å². The number of aromatic nitrogens is 2. The molecule has 0 saturated carbocycles. The minimum atomic E-state index is -4.28. The van der Waals surface area contributed by atoms with Gasteiger partial charge in [0.1, 0.15) is 0 Å². The first kappa shape index (κ1) is 21.5. The fourth-order valence-electron chi connectivity index (χ4n) is 2.83. The molecule has 2 saturated heterocycles. The van der Waals surface area contributed by atoms with Crippen LogP contribution in [0.15, 0.2) is 15.8 Å². The zero-order valence-electron chi connectivity index (χ0n) is 14.2. The Balaban J connectivity index is 2.09. The number of nitrogens with one attached hydrogen (secondary N) is 1. The summed E-state index contributed by atoms with van der Waals surface area (Å²) in [5.41, 5.74) is -5.95. The predicted molar refractivity (Wildman–Crippen MR) is 86.4 cm³/mol. The van der Waals surface area contributed by atoms with Crippen LogP contribution in [0.5, 0.6) is 0 Å². The molecule has 8 nitrogen and oxygen atoms in total. The van der Waals surface area contributed by atoms with Crippen molar-refractivity contribution in [3.05, 3.63) is 32.9 Å². The van der Waals surface area contributed by atoms with Gasteiger partial charge in [-0.3, -0.25) is 18.9 Å². The third-order valence-electron chi connectivity index (χ3n) is 4.02. The molecular formula is C13H14F5N2O6PS. The first-order valence-corrected chi connectivity index (χ1v) is 10.3. The highest BCUT2D eigenvalue weighted by Gasteiger charge is 2.75. The zero-order valence-corrected chi connectivity index (χ0v) is 15.9. The lowest BCUT2D eigenvalue weighted by Crippen LogP contribution is -2.57. The smallest absolute Gasteiger partial charge is 0.330 e. The van der Waals surface area contributed by atoms with Crippen molar-refractivity contribution < 1.29 is 40.3 Å². The molecule has 4 atom stereocenters. The monoisotopic (exact) mass is 452 g/mol. The molecule has 3 rings (SSSR count). The maximum Gasteiger partial charge on any atom is 0.330 e. The van der Waals surface area contributed by atoms with Crippen molar-refractivity contribution in [3.8, 4) is 0 Å². The summed E-state index contributed by atoms with van der Waals surface area (Å²) in [7, 11) is 0. The Morgan fingerprint density at radius 1 is 1.39 bits per heavy atom. The van der Waals surface area contributed by atoms with E-state index < -0.39 is 66.8 Å². The van der Waals surface area contributed by atoms with E-state index in [9.17, 15) is 22.8 Å². The normalized spacial score (nSPS) is 34.8. The third kappa shape index (κ3) is 3.35. The summed E-state index contributed by atoms with van der Waals surface area (Å²) in [5, 5.41) is 0. The molecule has 0 bridgehead atoms. The molecule has 1 N–H and O–H groups in total. The van der Waals surface area contributed by atoms with E-state index in [-0.39, 0.29) is 10.8 Å². The molecule has 1 aromatic rings. The largest absolute Gasteiger partial charge is 0.333 e. The van der Waals surface area contributed by atoms with Gasteiger partial charge in [-0.05, 0) is 25.7 Å². The Morgan fingerprint density at radius 3 is 2.61 bits per heavy atom. The Hall–Kier alpha value is -1.18. The lowest BCUT2D eigenvalue weighted by atomic mass is 9.96. The molecule has 158 valence electrons. The van der Waals surface area contributed by atoms with Crippen LogP contribution in [-0.2, 0) is 30.1 Å². The Morgan fingerprint density at radius 2 is 2.04 bits per heavy atom. The van der Waals surface area contributed by atoms with Crippen LogP contribution in [0, 0.1) is 5.82 Å². The molecule has 2 fully saturated rings. The van der Waals surface area contributed by atoms with E-state index in [0.717, 1.165) is 0 Å². The molecule has 15 heteroatoms. The number of alkyl halides is 4. The Labute approximate surface area is 158 Å². The van der Waals surface area contributed by atoms with Crippen molar-refractivity contribution >= 4 is 18.5 Å². The molecule has 0 spiro atoms. The van der Waals surface area contributed by atoms with Crippen LogP contribution in [0.25, 0.3) is 0 Å². The van der Waals surface area contributed by atoms with Crippen molar-refractivity contribution in [2.75, 3.05) is 6.61 Å². The molecule has 2 aliphatic rings. The molecule has 28 heavy (non-hydrogen) atoms. The second-order valence-corrected chi connectivity index (χ2v) is 9.32. The zero-order chi connectivity index (χ0) is 21.1. The van der Waals surface area contributed by atoms with Crippen LogP contribution in [0.1, 0.15) is 20.1 Å². The summed E-state index contributed by atoms with van der Waals surface area (Å²) in [5.74, 6) is -5.87. The molecule has 1 unspecified atom stereocenters. The first-order valence-electron chi connectivity index (χ1n) is 7.78. The van der Waals surface area contributed by atoms with Crippen LogP contribution in [0.2, 0.25) is 0 Å². The van der Waals surface area contributed by atoms with E-state index in [0.29, 0.717) is 0 Å². The summed E-state index contributed by atoms with van der Waals surface area (Å²) < 4.78 is 91.1. The van der Waals surface area contributed by atoms with Gasteiger partial charge in [0.25, 0.3) is 12.0 Å². The van der Waals surface area contributed by atoms with E-state index in [1.807, 2.05) is 0 Å². The van der Waals surface area contributed by atoms with Crippen molar-refractivity contribution in [3.63, 3.8) is 0 Å². The quantitative estimate of drug-likeness (QED) is 0.551. The topological polar surface area (TPSA) is 91.8 Å². The number of hydrogen-bond donors (Lipinski definition) is 1. The number of halogens is 5. The maximum atomic E-state index is 15.0. The van der Waals surface area contributed by atoms with E-state index >= 15 is 8.78 Å². The highest BCUT2D eigenvalue weighted by Crippen LogP contribution is 2.64. The second kappa shape index (κ2) is 6.96. The SMILES string of the molecule is CC(C)OP1(=S)OC[C@@]2(C(F)F)O[C@@H](n3cc(F)c(=O)[nH]c3=O)C(F)(F)[C@@H]2O1. The van der Waals surface area contributed by atoms with Crippen LogP contribution in [0.3, 0.4) is 0 Å². The minimum Gasteiger partial charge on any atom is -0.333 e. The van der Waals surface area contributed by atoms with E-state index in [1.165, 1.54) is 18.8 Å². The predicted octanol–water partition coefficient (Wildman–Crippen LogP) is 1.91. The molecule has 0 aliphatic carbocycles. The fourth-order valence-corrected chi connectivity index (χ4v) is 5.39. The van der Waals surface area contributed by atoms with Crippen LogP contribution in [0.4, 0.5) is 22.0 Å². The van der Waals surface area contributed by atoms with Gasteiger partial charge in [0.05, 0.1) is 18.9 Å². The summed E-state index contributed by atoms with van der Waals surface area (Å²) >= 11 is 4.95. The lowest BCUT2D eigenvalue weighted by molar-refractivity contribution is -0.205. The van der Waals surface area contributed by atoms with Crippen LogP contribution >= 0.6 is 6.72 Å². The number of hydrogen-bond acceptors (Lipinski definition) is 7. The number of aromatic amines is 1. The Kier molecular flexibility index (Phi) is 5.35. The number of H-pyrrole nitrogens is 1. The third-order valence-corrected chi connectivity index (χ3v) is 6.45. The summed E-state index contributed by atoms with van der Waals surface area (Å²) in [6.45, 7) is -1.92. The fraction of sp³-hybridized carbons (Fsp3) is 0.692. The maximum absolute atomic E-state index is 15.0. The molecule has 2 aliphatic heterocycles. The summed E-state index contributed by atoms with van der Waals surface area (Å²) in [6.07, 6.45) is -9.38. The average molecular weight is 452 g/mol. The van der Waals surface area contributed by atoms with Crippen molar-refractivity contribution in [2.45, 2.75) is 50.2 Å². The van der Waals surface area contributed by atoms with Crippen LogP contribution < -0.4 is 11.2 Å². The lowest BCUT2D eigenvalue weighted by Gasteiger charge is -2.41. The molecule has 0 aromatic carbocycles. The van der Waals surface area contributed by atoms with Gasteiger partial charge >= 0.3 is 18.3 Å².